The Morgan fingerprint density at radius 2 is 2.21 bits per heavy atom. The molecule has 2 N–H and O–H groups in total. The van der Waals surface area contributed by atoms with Crippen LogP contribution in [0.4, 0.5) is 0 Å². The lowest BCUT2D eigenvalue weighted by molar-refractivity contribution is 0.125. The fourth-order valence-electron chi connectivity index (χ4n) is 3.93. The van der Waals surface area contributed by atoms with E-state index in [2.05, 4.69) is 63.1 Å². The van der Waals surface area contributed by atoms with Crippen molar-refractivity contribution < 1.29 is 0 Å². The molecule has 0 bridgehead atoms. The van der Waals surface area contributed by atoms with Gasteiger partial charge in [-0.15, -0.1) is 35.3 Å². The van der Waals surface area contributed by atoms with E-state index in [1.807, 2.05) is 30.8 Å². The molecule has 0 saturated carbocycles. The molecule has 1 aliphatic heterocycles. The zero-order valence-electron chi connectivity index (χ0n) is 17.0. The van der Waals surface area contributed by atoms with Crippen LogP contribution in [0.15, 0.2) is 41.0 Å². The predicted octanol–water partition coefficient (Wildman–Crippen LogP) is 3.86. The Labute approximate surface area is 190 Å². The molecule has 5 nitrogen and oxygen atoms in total. The summed E-state index contributed by atoms with van der Waals surface area (Å²) in [6, 6.07) is 7.03. The van der Waals surface area contributed by atoms with Crippen LogP contribution >= 0.6 is 35.3 Å². The van der Waals surface area contributed by atoms with Crippen LogP contribution in [0.5, 0.6) is 0 Å². The number of nitrogens with one attached hydrogen (secondary N) is 2. The fraction of sp³-hybridized carbons (Fsp3) is 0.524. The van der Waals surface area contributed by atoms with Crippen LogP contribution in [0.2, 0.25) is 0 Å². The molecule has 1 aliphatic rings. The number of thiophene rings is 1. The molecule has 28 heavy (non-hydrogen) atoms. The third-order valence-corrected chi connectivity index (χ3v) is 6.36. The number of aromatic nitrogens is 1. The van der Waals surface area contributed by atoms with Gasteiger partial charge in [0.05, 0.1) is 0 Å². The van der Waals surface area contributed by atoms with Crippen molar-refractivity contribution in [1.82, 2.24) is 20.5 Å². The minimum atomic E-state index is 0. The van der Waals surface area contributed by atoms with Gasteiger partial charge in [-0.1, -0.05) is 6.07 Å². The van der Waals surface area contributed by atoms with Crippen molar-refractivity contribution in [2.45, 2.75) is 32.2 Å². The SMILES string of the molecule is CN=C(NCCc1ccncc1C)NCC1CCCN(C)C1c1cccs1.I. The Hall–Kier alpha value is -1.19. The number of pyridine rings is 1. The average molecular weight is 513 g/mol. The summed E-state index contributed by atoms with van der Waals surface area (Å²) in [7, 11) is 4.09. The Balaban J connectivity index is 0.00000280. The first kappa shape index (κ1) is 23.1. The maximum absolute atomic E-state index is 4.40. The first-order chi connectivity index (χ1) is 13.2. The van der Waals surface area contributed by atoms with Crippen LogP contribution in [0, 0.1) is 12.8 Å². The van der Waals surface area contributed by atoms with Crippen LogP contribution < -0.4 is 10.6 Å². The molecule has 2 aromatic rings. The second kappa shape index (κ2) is 11.7. The molecule has 3 heterocycles. The summed E-state index contributed by atoms with van der Waals surface area (Å²) in [4.78, 5) is 12.5. The molecule has 0 amide bonds. The van der Waals surface area contributed by atoms with Gasteiger partial charge in [0.25, 0.3) is 0 Å². The quantitative estimate of drug-likeness (QED) is 0.350. The summed E-state index contributed by atoms with van der Waals surface area (Å²) in [5, 5.41) is 9.19. The van der Waals surface area contributed by atoms with Gasteiger partial charge in [0, 0.05) is 43.4 Å². The van der Waals surface area contributed by atoms with Crippen LogP contribution in [0.3, 0.4) is 0 Å². The summed E-state index contributed by atoms with van der Waals surface area (Å²) >= 11 is 1.87. The number of rotatable bonds is 6. The van der Waals surface area contributed by atoms with Crippen molar-refractivity contribution in [3.63, 3.8) is 0 Å². The topological polar surface area (TPSA) is 52.6 Å². The second-order valence-electron chi connectivity index (χ2n) is 7.28. The van der Waals surface area contributed by atoms with Crippen LogP contribution in [-0.2, 0) is 6.42 Å². The third kappa shape index (κ3) is 6.15. The summed E-state index contributed by atoms with van der Waals surface area (Å²) in [5.41, 5.74) is 2.57. The van der Waals surface area contributed by atoms with E-state index in [1.54, 1.807) is 0 Å². The van der Waals surface area contributed by atoms with Gasteiger partial charge in [-0.2, -0.15) is 0 Å². The van der Waals surface area contributed by atoms with Gasteiger partial charge in [0.2, 0.25) is 0 Å². The Bertz CT molecular complexity index is 734. The van der Waals surface area contributed by atoms with Crippen molar-refractivity contribution in [3.05, 3.63) is 52.0 Å². The second-order valence-corrected chi connectivity index (χ2v) is 8.25. The van der Waals surface area contributed by atoms with Gasteiger partial charge in [-0.05, 0) is 74.3 Å². The lowest BCUT2D eigenvalue weighted by Gasteiger charge is -2.39. The van der Waals surface area contributed by atoms with Gasteiger partial charge in [0.15, 0.2) is 5.96 Å². The lowest BCUT2D eigenvalue weighted by atomic mass is 9.88. The summed E-state index contributed by atoms with van der Waals surface area (Å²) < 4.78 is 0. The number of piperidine rings is 1. The average Bonchev–Trinajstić information content (AvgIpc) is 3.20. The van der Waals surface area contributed by atoms with E-state index in [0.717, 1.165) is 25.5 Å². The summed E-state index contributed by atoms with van der Waals surface area (Å²) in [6.45, 7) is 5.10. The van der Waals surface area contributed by atoms with E-state index in [9.17, 15) is 0 Å². The number of aliphatic imine (C=N–C) groups is 1. The smallest absolute Gasteiger partial charge is 0.190 e. The Morgan fingerprint density at radius 3 is 2.93 bits per heavy atom. The van der Waals surface area contributed by atoms with Crippen molar-refractivity contribution in [2.24, 2.45) is 10.9 Å². The van der Waals surface area contributed by atoms with Crippen LogP contribution in [0.1, 0.15) is 34.9 Å². The minimum Gasteiger partial charge on any atom is -0.356 e. The molecular formula is C21H32IN5S. The highest BCUT2D eigenvalue weighted by Gasteiger charge is 2.31. The molecule has 0 aliphatic carbocycles. The number of aryl methyl sites for hydroxylation is 1. The van der Waals surface area contributed by atoms with E-state index in [4.69, 9.17) is 0 Å². The van der Waals surface area contributed by atoms with E-state index < -0.39 is 0 Å². The summed E-state index contributed by atoms with van der Waals surface area (Å²) in [5.74, 6) is 1.49. The highest BCUT2D eigenvalue weighted by atomic mass is 127. The monoisotopic (exact) mass is 513 g/mol. The van der Waals surface area contributed by atoms with Crippen molar-refractivity contribution >= 4 is 41.3 Å². The van der Waals surface area contributed by atoms with Gasteiger partial charge < -0.3 is 10.6 Å². The maximum Gasteiger partial charge on any atom is 0.190 e. The molecule has 3 rings (SSSR count). The van der Waals surface area contributed by atoms with E-state index in [-0.39, 0.29) is 24.0 Å². The Morgan fingerprint density at radius 1 is 1.36 bits per heavy atom. The molecule has 1 fully saturated rings. The molecule has 0 radical (unpaired) electrons. The van der Waals surface area contributed by atoms with Crippen molar-refractivity contribution in [3.8, 4) is 0 Å². The Kier molecular flexibility index (Phi) is 9.67. The molecule has 7 heteroatoms. The molecule has 0 aromatic carbocycles. The molecule has 2 atom stereocenters. The number of halogens is 1. The van der Waals surface area contributed by atoms with Gasteiger partial charge in [-0.25, -0.2) is 0 Å². The molecule has 2 aromatic heterocycles. The molecule has 0 spiro atoms. The normalized spacial score (nSPS) is 20.5. The van der Waals surface area contributed by atoms with Crippen molar-refractivity contribution in [1.29, 1.82) is 0 Å². The molecule has 154 valence electrons. The van der Waals surface area contributed by atoms with E-state index >= 15 is 0 Å². The molecular weight excluding hydrogens is 481 g/mol. The van der Waals surface area contributed by atoms with E-state index in [1.165, 1.54) is 35.4 Å². The number of likely N-dealkylation sites (tertiary alicyclic amines) is 1. The molecule has 1 saturated heterocycles. The number of nitrogens with zero attached hydrogens (tertiary/aromatic N) is 3. The van der Waals surface area contributed by atoms with Crippen molar-refractivity contribution in [2.75, 3.05) is 33.7 Å². The number of hydrogen-bond acceptors (Lipinski definition) is 4. The minimum absolute atomic E-state index is 0. The van der Waals surface area contributed by atoms with Gasteiger partial charge in [0.1, 0.15) is 0 Å². The zero-order valence-corrected chi connectivity index (χ0v) is 20.2. The van der Waals surface area contributed by atoms with E-state index in [0.29, 0.717) is 12.0 Å². The third-order valence-electron chi connectivity index (χ3n) is 5.42. The van der Waals surface area contributed by atoms with Crippen LogP contribution in [-0.4, -0.2) is 49.6 Å². The van der Waals surface area contributed by atoms with Gasteiger partial charge >= 0.3 is 0 Å². The van der Waals surface area contributed by atoms with Gasteiger partial charge in [-0.3, -0.25) is 14.9 Å². The summed E-state index contributed by atoms with van der Waals surface area (Å²) in [6.07, 6.45) is 7.27. The largest absolute Gasteiger partial charge is 0.356 e. The highest BCUT2D eigenvalue weighted by molar-refractivity contribution is 14.0. The standard InChI is InChI=1S/C21H31N5S.HI/c1-16-14-23-10-8-17(16)9-11-24-21(22-2)25-15-18-6-4-12-26(3)20(18)19-7-5-13-27-19;/h5,7-8,10,13-14,18,20H,4,6,9,11-12,15H2,1-3H3,(H2,22,24,25);1H. The number of guanidine groups is 1. The lowest BCUT2D eigenvalue weighted by Crippen LogP contribution is -2.45. The zero-order chi connectivity index (χ0) is 19.1. The molecule has 2 unspecified atom stereocenters. The predicted molar refractivity (Wildman–Crippen MR) is 130 cm³/mol. The first-order valence-corrected chi connectivity index (χ1v) is 10.6. The maximum atomic E-state index is 4.40. The highest BCUT2D eigenvalue weighted by Crippen LogP contribution is 2.36. The fourth-order valence-corrected chi connectivity index (χ4v) is 4.91. The first-order valence-electron chi connectivity index (χ1n) is 9.76. The van der Waals surface area contributed by atoms with Crippen LogP contribution in [0.25, 0.3) is 0 Å². The number of hydrogen-bond donors (Lipinski definition) is 2.